The molecule has 0 radical (unpaired) electrons. The lowest BCUT2D eigenvalue weighted by Crippen LogP contribution is -2.83. The standard InChI is InChI=1S/C18H28N5O/c1-22-8-11-23(12-9-22,13-10-22)14-18(24)21-17-4-2-16(3-5-17)6-7-20-15-19/h2-5,15H,6-14H2,1H3,(H2-,19,20,21,24)/q+1/p+2. The van der Waals surface area contributed by atoms with Crippen LogP contribution in [0.1, 0.15) is 5.56 Å². The van der Waals surface area contributed by atoms with Crippen LogP contribution in [0.25, 0.3) is 0 Å². The number of benzene rings is 1. The highest BCUT2D eigenvalue weighted by molar-refractivity contribution is 5.91. The van der Waals surface area contributed by atoms with Gasteiger partial charge in [-0.2, -0.15) is 0 Å². The van der Waals surface area contributed by atoms with E-state index in [1.807, 2.05) is 17.4 Å². The van der Waals surface area contributed by atoms with Gasteiger partial charge in [0, 0.05) is 12.1 Å². The number of nitrogens with zero attached hydrogens (tertiary/aromatic N) is 2. The number of fused-ring (bicyclic) bond motifs is 3. The van der Waals surface area contributed by atoms with Crippen molar-refractivity contribution in [3.05, 3.63) is 29.8 Å². The van der Waals surface area contributed by atoms with E-state index in [1.54, 1.807) is 0 Å². The molecule has 2 bridgehead atoms. The highest BCUT2D eigenvalue weighted by Crippen LogP contribution is 2.24. The number of rotatable bonds is 7. The first-order valence-corrected chi connectivity index (χ1v) is 8.92. The van der Waals surface area contributed by atoms with Crippen LogP contribution >= 0.6 is 0 Å². The van der Waals surface area contributed by atoms with Crippen LogP contribution in [0.2, 0.25) is 0 Å². The minimum absolute atomic E-state index is 0.137. The Hall–Kier alpha value is -1.76. The number of quaternary nitrogens is 3. The van der Waals surface area contributed by atoms with Gasteiger partial charge < -0.3 is 19.6 Å². The van der Waals surface area contributed by atoms with E-state index in [-0.39, 0.29) is 5.91 Å². The molecular formula is C18H30N5O+3. The lowest BCUT2D eigenvalue weighted by Gasteiger charge is -2.53. The topological polar surface area (TPSA) is 69.6 Å². The van der Waals surface area contributed by atoms with E-state index in [1.165, 1.54) is 36.0 Å². The number of likely N-dealkylation sites (N-methyl/N-ethyl adjacent to an activating group) is 1. The van der Waals surface area contributed by atoms with Crippen LogP contribution in [0.3, 0.4) is 0 Å². The summed E-state index contributed by atoms with van der Waals surface area (Å²) in [6.07, 6.45) is 2.27. The predicted molar refractivity (Wildman–Crippen MR) is 94.9 cm³/mol. The van der Waals surface area contributed by atoms with Crippen molar-refractivity contribution in [1.82, 2.24) is 0 Å². The first kappa shape index (κ1) is 17.1. The lowest BCUT2D eigenvalue weighted by atomic mass is 10.1. The molecule has 6 nitrogen and oxygen atoms in total. The molecule has 4 N–H and O–H groups in total. The highest BCUT2D eigenvalue weighted by Gasteiger charge is 2.47. The molecule has 0 unspecified atom stereocenters. The smallest absolute Gasteiger partial charge is 0.279 e. The summed E-state index contributed by atoms with van der Waals surface area (Å²) in [7, 11) is 2.34. The van der Waals surface area contributed by atoms with Crippen molar-refractivity contribution in [2.45, 2.75) is 6.42 Å². The zero-order chi connectivity index (χ0) is 17.0. The Morgan fingerprint density at radius 1 is 1.17 bits per heavy atom. The number of carbonyl (C=O) groups is 1. The van der Waals surface area contributed by atoms with Gasteiger partial charge in [-0.05, 0) is 17.7 Å². The van der Waals surface area contributed by atoms with Crippen LogP contribution in [0.15, 0.2) is 24.3 Å². The van der Waals surface area contributed by atoms with Gasteiger partial charge >= 0.3 is 0 Å². The van der Waals surface area contributed by atoms with Crippen molar-refractivity contribution < 1.29 is 19.1 Å². The Labute approximate surface area is 144 Å². The van der Waals surface area contributed by atoms with Crippen LogP contribution in [0.4, 0.5) is 5.69 Å². The van der Waals surface area contributed by atoms with Gasteiger partial charge in [-0.3, -0.25) is 10.2 Å². The minimum Gasteiger partial charge on any atom is -0.321 e. The van der Waals surface area contributed by atoms with Crippen LogP contribution in [0.5, 0.6) is 0 Å². The van der Waals surface area contributed by atoms with Gasteiger partial charge in [0.25, 0.3) is 5.91 Å². The average molecular weight is 332 g/mol. The monoisotopic (exact) mass is 332 g/mol. The molecular weight excluding hydrogens is 302 g/mol. The molecule has 24 heavy (non-hydrogen) atoms. The Morgan fingerprint density at radius 3 is 2.38 bits per heavy atom. The van der Waals surface area contributed by atoms with Crippen molar-refractivity contribution >= 4 is 17.9 Å². The Bertz CT molecular complexity index is 573. The molecule has 0 spiro atoms. The SMILES string of the molecule is C[N+]12CC[N+](CC(=O)Nc3ccc(CC[NH2+]C=N)cc3)(CC1)CC2. The van der Waals surface area contributed by atoms with Gasteiger partial charge in [0.1, 0.15) is 39.3 Å². The summed E-state index contributed by atoms with van der Waals surface area (Å²) >= 11 is 0. The van der Waals surface area contributed by atoms with Gasteiger partial charge in [0.05, 0.1) is 13.6 Å². The van der Waals surface area contributed by atoms with Gasteiger partial charge in [-0.1, -0.05) is 12.1 Å². The Morgan fingerprint density at radius 2 is 1.79 bits per heavy atom. The number of amides is 1. The number of hydrogen-bond donors (Lipinski definition) is 3. The van der Waals surface area contributed by atoms with Gasteiger partial charge in [-0.25, -0.2) is 0 Å². The Kier molecular flexibility index (Phi) is 4.99. The molecule has 6 heteroatoms. The maximum atomic E-state index is 12.5. The summed E-state index contributed by atoms with van der Waals surface area (Å²) in [6.45, 7) is 8.49. The molecule has 0 aromatic heterocycles. The fraction of sp³-hybridized carbons (Fsp3) is 0.556. The average Bonchev–Trinajstić information content (AvgIpc) is 2.58. The zero-order valence-corrected chi connectivity index (χ0v) is 14.6. The number of anilines is 1. The molecule has 3 aliphatic heterocycles. The van der Waals surface area contributed by atoms with Crippen molar-refractivity contribution in [1.29, 1.82) is 5.41 Å². The van der Waals surface area contributed by atoms with Gasteiger partial charge in [-0.15, -0.1) is 0 Å². The summed E-state index contributed by atoms with van der Waals surface area (Å²) in [4.78, 5) is 12.5. The molecule has 0 aliphatic carbocycles. The number of nitrogens with one attached hydrogen (secondary N) is 2. The summed E-state index contributed by atoms with van der Waals surface area (Å²) in [5.41, 5.74) is 2.12. The van der Waals surface area contributed by atoms with Crippen LogP contribution in [-0.2, 0) is 11.2 Å². The van der Waals surface area contributed by atoms with Crippen molar-refractivity contribution in [3.63, 3.8) is 0 Å². The fourth-order valence-electron chi connectivity index (χ4n) is 3.86. The number of nitrogens with two attached hydrogens (primary N) is 1. The number of piperazine rings is 3. The molecule has 0 atom stereocenters. The van der Waals surface area contributed by atoms with Crippen LogP contribution in [-0.4, -0.2) is 80.6 Å². The van der Waals surface area contributed by atoms with E-state index in [2.05, 4.69) is 24.5 Å². The molecule has 3 heterocycles. The molecule has 4 rings (SSSR count). The van der Waals surface area contributed by atoms with Crippen molar-refractivity contribution in [3.8, 4) is 0 Å². The second-order valence-corrected chi connectivity index (χ2v) is 7.65. The second-order valence-electron chi connectivity index (χ2n) is 7.65. The molecule has 1 aromatic rings. The van der Waals surface area contributed by atoms with E-state index in [9.17, 15) is 4.79 Å². The van der Waals surface area contributed by atoms with E-state index < -0.39 is 0 Å². The first-order chi connectivity index (χ1) is 11.5. The first-order valence-electron chi connectivity index (χ1n) is 8.92. The zero-order valence-electron chi connectivity index (χ0n) is 14.6. The molecule has 130 valence electrons. The third-order valence-corrected chi connectivity index (χ3v) is 5.78. The summed E-state index contributed by atoms with van der Waals surface area (Å²) in [5, 5.41) is 11.9. The van der Waals surface area contributed by atoms with E-state index >= 15 is 0 Å². The van der Waals surface area contributed by atoms with Crippen LogP contribution in [0, 0.1) is 5.41 Å². The Balaban J connectivity index is 1.51. The quantitative estimate of drug-likeness (QED) is 0.271. The molecule has 3 saturated heterocycles. The largest absolute Gasteiger partial charge is 0.321 e. The van der Waals surface area contributed by atoms with Gasteiger partial charge in [0.15, 0.2) is 12.9 Å². The van der Waals surface area contributed by atoms with E-state index in [4.69, 9.17) is 5.41 Å². The summed E-state index contributed by atoms with van der Waals surface area (Å²) in [5.74, 6) is 0.137. The molecule has 0 saturated carbocycles. The van der Waals surface area contributed by atoms with Crippen LogP contribution < -0.4 is 10.6 Å². The number of carbonyl (C=O) groups excluding carboxylic acids is 1. The van der Waals surface area contributed by atoms with Gasteiger partial charge in [0.2, 0.25) is 0 Å². The molecule has 1 amide bonds. The normalized spacial score (nSPS) is 28.5. The molecule has 3 aliphatic rings. The number of hydrogen-bond acceptors (Lipinski definition) is 2. The van der Waals surface area contributed by atoms with E-state index in [0.717, 1.165) is 42.8 Å². The third kappa shape index (κ3) is 4.01. The summed E-state index contributed by atoms with van der Waals surface area (Å²) < 4.78 is 2.16. The maximum absolute atomic E-state index is 12.5. The van der Waals surface area contributed by atoms with Crippen molar-refractivity contribution in [2.75, 3.05) is 64.7 Å². The summed E-state index contributed by atoms with van der Waals surface area (Å²) in [6, 6.07) is 8.09. The highest BCUT2D eigenvalue weighted by atomic mass is 16.2. The second kappa shape index (κ2) is 7.01. The molecule has 3 fully saturated rings. The van der Waals surface area contributed by atoms with Crippen molar-refractivity contribution in [2.24, 2.45) is 0 Å². The molecule has 1 aromatic carbocycles. The van der Waals surface area contributed by atoms with E-state index in [0.29, 0.717) is 6.54 Å². The lowest BCUT2D eigenvalue weighted by molar-refractivity contribution is -1.07. The fourth-order valence-corrected chi connectivity index (χ4v) is 3.86. The third-order valence-electron chi connectivity index (χ3n) is 5.78. The predicted octanol–water partition coefficient (Wildman–Crippen LogP) is -0.371. The minimum atomic E-state index is 0.137. The maximum Gasteiger partial charge on any atom is 0.279 e.